The van der Waals surface area contributed by atoms with E-state index in [2.05, 4.69) is 57.8 Å². The van der Waals surface area contributed by atoms with Gasteiger partial charge in [0.15, 0.2) is 5.82 Å². The van der Waals surface area contributed by atoms with E-state index >= 15 is 0 Å². The molecule has 44 heavy (non-hydrogen) atoms. The Kier molecular flexibility index (Phi) is 7.70. The average Bonchev–Trinajstić information content (AvgIpc) is 3.79. The first-order valence-corrected chi connectivity index (χ1v) is 16.1. The Labute approximate surface area is 259 Å². The third-order valence-electron chi connectivity index (χ3n) is 10.5. The number of nitrogens with zero attached hydrogens (tertiary/aromatic N) is 7. The number of hydrogen-bond acceptors (Lipinski definition) is 7. The summed E-state index contributed by atoms with van der Waals surface area (Å²) in [7, 11) is 3.92. The highest BCUT2D eigenvalue weighted by Gasteiger charge is 2.45. The lowest BCUT2D eigenvalue weighted by molar-refractivity contribution is -0.130. The first-order valence-electron chi connectivity index (χ1n) is 16.1. The molecule has 1 amide bonds. The zero-order valence-electron chi connectivity index (χ0n) is 26.0. The van der Waals surface area contributed by atoms with E-state index in [0.29, 0.717) is 24.2 Å². The van der Waals surface area contributed by atoms with Gasteiger partial charge in [-0.05, 0) is 82.5 Å². The number of rotatable bonds is 7. The number of hydrogen-bond donors (Lipinski definition) is 2. The molecule has 10 heteroatoms. The number of aryl methyl sites for hydroxylation is 1. The van der Waals surface area contributed by atoms with Gasteiger partial charge in [0.05, 0.1) is 18.4 Å². The van der Waals surface area contributed by atoms with Crippen LogP contribution in [0.15, 0.2) is 55.2 Å². The fourth-order valence-electron chi connectivity index (χ4n) is 7.53. The second-order valence-corrected chi connectivity index (χ2v) is 13.1. The summed E-state index contributed by atoms with van der Waals surface area (Å²) in [6.45, 7) is 4.38. The maximum atomic E-state index is 12.2. The maximum absolute atomic E-state index is 12.2. The van der Waals surface area contributed by atoms with E-state index in [1.807, 2.05) is 48.5 Å². The number of aromatic nitrogens is 6. The average molecular weight is 594 g/mol. The molecule has 1 aromatic carbocycles. The van der Waals surface area contributed by atoms with Crippen LogP contribution in [0.5, 0.6) is 0 Å². The predicted molar refractivity (Wildman–Crippen MR) is 172 cm³/mol. The van der Waals surface area contributed by atoms with Crippen molar-refractivity contribution in [2.75, 3.05) is 25.5 Å². The van der Waals surface area contributed by atoms with Gasteiger partial charge in [-0.3, -0.25) is 14.2 Å². The summed E-state index contributed by atoms with van der Waals surface area (Å²) >= 11 is 0. The lowest BCUT2D eigenvalue weighted by atomic mass is 9.78. The van der Waals surface area contributed by atoms with Crippen LogP contribution in [-0.4, -0.2) is 72.1 Å². The molecule has 7 rings (SSSR count). The normalized spacial score (nSPS) is 23.4. The van der Waals surface area contributed by atoms with Crippen LogP contribution in [0, 0.1) is 5.92 Å². The van der Waals surface area contributed by atoms with Gasteiger partial charge in [0.25, 0.3) is 0 Å². The summed E-state index contributed by atoms with van der Waals surface area (Å²) in [5, 5.41) is 16.5. The van der Waals surface area contributed by atoms with E-state index in [9.17, 15) is 4.79 Å². The van der Waals surface area contributed by atoms with Crippen molar-refractivity contribution in [3.8, 4) is 33.6 Å². The van der Waals surface area contributed by atoms with E-state index in [1.54, 1.807) is 0 Å². The zero-order chi connectivity index (χ0) is 30.3. The van der Waals surface area contributed by atoms with Gasteiger partial charge < -0.3 is 15.5 Å². The fourth-order valence-corrected chi connectivity index (χ4v) is 7.53. The van der Waals surface area contributed by atoms with Crippen molar-refractivity contribution < 1.29 is 4.79 Å². The first-order chi connectivity index (χ1) is 21.4. The molecule has 0 radical (unpaired) electrons. The minimum absolute atomic E-state index is 0.0451. The minimum atomic E-state index is 0.0451. The molecule has 3 fully saturated rings. The van der Waals surface area contributed by atoms with Crippen molar-refractivity contribution in [1.29, 1.82) is 0 Å². The predicted octanol–water partition coefficient (Wildman–Crippen LogP) is 5.31. The number of likely N-dealkylation sites (tertiary alicyclic amines) is 1. The first kappa shape index (κ1) is 28.7. The van der Waals surface area contributed by atoms with Crippen LogP contribution in [0.1, 0.15) is 64.3 Å². The SMILES string of the molecule is CC(Nc1nc(-c2cccc(-c3cnn(C)c3)c2)ncc1-c1cnn(C2CCC3(CCC(=O)N3C)CC2)c1)C1CCNCC1. The van der Waals surface area contributed by atoms with E-state index in [0.717, 1.165) is 91.7 Å². The standard InChI is InChI=1S/C34H43N9O/c1-23(24-10-15-35-16-11-24)39-33-30(20-36-32(40-33)26-6-4-5-25(17-26)27-18-37-41(2)21-27)28-19-38-43(22-28)29-7-12-34(13-8-29)14-9-31(44)42(34)3/h4-6,17-24,29,35H,7-16H2,1-3H3,(H,36,39,40). The zero-order valence-corrected chi connectivity index (χ0v) is 26.0. The summed E-state index contributed by atoms with van der Waals surface area (Å²) in [6, 6.07) is 8.96. The van der Waals surface area contributed by atoms with Crippen LogP contribution in [0.25, 0.3) is 33.6 Å². The van der Waals surface area contributed by atoms with Crippen molar-refractivity contribution in [1.82, 2.24) is 39.7 Å². The maximum Gasteiger partial charge on any atom is 0.222 e. The molecular weight excluding hydrogens is 550 g/mol. The van der Waals surface area contributed by atoms with Gasteiger partial charge in [-0.15, -0.1) is 0 Å². The van der Waals surface area contributed by atoms with Crippen molar-refractivity contribution in [3.63, 3.8) is 0 Å². The molecule has 1 saturated carbocycles. The van der Waals surface area contributed by atoms with Crippen molar-refractivity contribution >= 4 is 11.7 Å². The number of amides is 1. The number of anilines is 1. The third-order valence-corrected chi connectivity index (χ3v) is 10.5. The Morgan fingerprint density at radius 1 is 0.932 bits per heavy atom. The molecule has 1 atom stereocenters. The summed E-state index contributed by atoms with van der Waals surface area (Å²) in [4.78, 5) is 24.3. The number of carbonyl (C=O) groups is 1. The molecule has 2 aliphatic heterocycles. The highest BCUT2D eigenvalue weighted by atomic mass is 16.2. The van der Waals surface area contributed by atoms with Gasteiger partial charge in [0.1, 0.15) is 5.82 Å². The molecule has 3 aliphatic rings. The van der Waals surface area contributed by atoms with E-state index in [4.69, 9.17) is 15.1 Å². The minimum Gasteiger partial charge on any atom is -0.367 e. The lowest BCUT2D eigenvalue weighted by Gasteiger charge is -2.42. The summed E-state index contributed by atoms with van der Waals surface area (Å²) < 4.78 is 3.95. The Morgan fingerprint density at radius 3 is 2.43 bits per heavy atom. The number of benzene rings is 1. The number of carbonyl (C=O) groups excluding carboxylic acids is 1. The molecule has 2 saturated heterocycles. The molecular formula is C34H43N9O. The molecule has 4 aromatic rings. The second kappa shape index (κ2) is 11.8. The molecule has 5 heterocycles. The highest BCUT2D eigenvalue weighted by molar-refractivity contribution is 5.79. The van der Waals surface area contributed by atoms with Crippen LogP contribution in [0.4, 0.5) is 5.82 Å². The van der Waals surface area contributed by atoms with Gasteiger partial charge in [-0.25, -0.2) is 9.97 Å². The molecule has 1 unspecified atom stereocenters. The summed E-state index contributed by atoms with van der Waals surface area (Å²) in [6.07, 6.45) is 18.1. The van der Waals surface area contributed by atoms with Crippen LogP contribution in [-0.2, 0) is 11.8 Å². The molecule has 1 aliphatic carbocycles. The monoisotopic (exact) mass is 593 g/mol. The van der Waals surface area contributed by atoms with Crippen LogP contribution in [0.2, 0.25) is 0 Å². The van der Waals surface area contributed by atoms with Gasteiger partial charge in [0, 0.05) is 72.9 Å². The van der Waals surface area contributed by atoms with Gasteiger partial charge in [0.2, 0.25) is 5.91 Å². The molecule has 230 valence electrons. The fraction of sp³-hybridized carbons (Fsp3) is 0.500. The second-order valence-electron chi connectivity index (χ2n) is 13.1. The summed E-state index contributed by atoms with van der Waals surface area (Å²) in [5.41, 5.74) is 5.16. The highest BCUT2D eigenvalue weighted by Crippen LogP contribution is 2.44. The Balaban J connectivity index is 1.17. The topological polar surface area (TPSA) is 106 Å². The van der Waals surface area contributed by atoms with Crippen LogP contribution >= 0.6 is 0 Å². The largest absolute Gasteiger partial charge is 0.367 e. The van der Waals surface area contributed by atoms with Crippen LogP contribution < -0.4 is 10.6 Å². The quantitative estimate of drug-likeness (QED) is 0.299. The van der Waals surface area contributed by atoms with Crippen molar-refractivity contribution in [2.45, 2.75) is 75.9 Å². The van der Waals surface area contributed by atoms with Crippen LogP contribution in [0.3, 0.4) is 0 Å². The molecule has 2 N–H and O–H groups in total. The molecule has 3 aromatic heterocycles. The molecule has 1 spiro atoms. The third kappa shape index (κ3) is 5.51. The number of nitrogens with one attached hydrogen (secondary N) is 2. The molecule has 10 nitrogen and oxygen atoms in total. The Bertz CT molecular complexity index is 1630. The Morgan fingerprint density at radius 2 is 1.70 bits per heavy atom. The van der Waals surface area contributed by atoms with Crippen molar-refractivity contribution in [3.05, 3.63) is 55.2 Å². The smallest absolute Gasteiger partial charge is 0.222 e. The summed E-state index contributed by atoms with van der Waals surface area (Å²) in [5.74, 6) is 2.41. The van der Waals surface area contributed by atoms with Crippen molar-refractivity contribution in [2.24, 2.45) is 13.0 Å². The van der Waals surface area contributed by atoms with Gasteiger partial charge >= 0.3 is 0 Å². The van der Waals surface area contributed by atoms with E-state index < -0.39 is 0 Å². The van der Waals surface area contributed by atoms with Gasteiger partial charge in [-0.2, -0.15) is 10.2 Å². The van der Waals surface area contributed by atoms with Gasteiger partial charge in [-0.1, -0.05) is 18.2 Å². The van der Waals surface area contributed by atoms with E-state index in [1.165, 1.54) is 0 Å². The number of piperidine rings is 1. The lowest BCUT2D eigenvalue weighted by Crippen LogP contribution is -2.46. The van der Waals surface area contributed by atoms with E-state index in [-0.39, 0.29) is 17.5 Å². The molecule has 0 bridgehead atoms. The Hall–Kier alpha value is -4.05.